The van der Waals surface area contributed by atoms with Gasteiger partial charge in [-0.2, -0.15) is 0 Å². The van der Waals surface area contributed by atoms with E-state index in [-0.39, 0.29) is 34.5 Å². The third kappa shape index (κ3) is 6.55. The highest BCUT2D eigenvalue weighted by molar-refractivity contribution is 6.12. The maximum atomic E-state index is 13.4. The van der Waals surface area contributed by atoms with Gasteiger partial charge in [0.25, 0.3) is 11.8 Å². The van der Waals surface area contributed by atoms with Gasteiger partial charge >= 0.3 is 0 Å². The number of carbonyl (C=O) groups is 3. The number of methoxy groups -OCH3 is 1. The third-order valence-electron chi connectivity index (χ3n) is 6.77. The van der Waals surface area contributed by atoms with Crippen LogP contribution in [0.2, 0.25) is 0 Å². The molecule has 0 aliphatic rings. The minimum atomic E-state index is -0.558. The first-order chi connectivity index (χ1) is 21.2. The minimum Gasteiger partial charge on any atom is -0.505 e. The summed E-state index contributed by atoms with van der Waals surface area (Å²) in [5, 5.41) is 29.6. The Morgan fingerprint density at radius 3 is 2.23 bits per heavy atom. The number of amides is 3. The summed E-state index contributed by atoms with van der Waals surface area (Å²) in [6.07, 6.45) is 0. The van der Waals surface area contributed by atoms with E-state index < -0.39 is 5.91 Å². The molecule has 220 valence electrons. The number of benzene rings is 5. The Morgan fingerprint density at radius 2 is 1.50 bits per heavy atom. The maximum Gasteiger partial charge on any atom is 0.259 e. The number of nitrogens with zero attached hydrogens (tertiary/aromatic N) is 2. The van der Waals surface area contributed by atoms with E-state index in [1.54, 1.807) is 73.7 Å². The first kappa shape index (κ1) is 29.5. The van der Waals surface area contributed by atoms with Crippen molar-refractivity contribution in [2.75, 3.05) is 23.1 Å². The summed E-state index contributed by atoms with van der Waals surface area (Å²) in [7, 11) is 1.47. The van der Waals surface area contributed by atoms with Gasteiger partial charge in [0.1, 0.15) is 17.1 Å². The second kappa shape index (κ2) is 12.9. The molecule has 10 nitrogen and oxygen atoms in total. The van der Waals surface area contributed by atoms with Gasteiger partial charge < -0.3 is 25.8 Å². The number of nitrogens with one attached hydrogen (secondary N) is 3. The average molecular weight is 588 g/mol. The number of phenolic OH excluding ortho intramolecular Hbond substituents is 1. The molecule has 0 fully saturated rings. The minimum absolute atomic E-state index is 0.00839. The third-order valence-corrected chi connectivity index (χ3v) is 6.77. The summed E-state index contributed by atoms with van der Waals surface area (Å²) >= 11 is 0. The lowest BCUT2D eigenvalue weighted by Crippen LogP contribution is -2.13. The molecule has 0 aromatic heterocycles. The molecule has 0 aliphatic carbocycles. The highest BCUT2D eigenvalue weighted by Crippen LogP contribution is 2.41. The number of anilines is 3. The number of azo groups is 1. The number of ether oxygens (including phenoxy) is 1. The van der Waals surface area contributed by atoms with E-state index in [9.17, 15) is 19.5 Å². The molecule has 0 saturated carbocycles. The number of phenols is 1. The van der Waals surface area contributed by atoms with Gasteiger partial charge in [0.05, 0.1) is 12.7 Å². The number of hydrogen-bond donors (Lipinski definition) is 4. The van der Waals surface area contributed by atoms with Gasteiger partial charge in [0, 0.05) is 34.9 Å². The fourth-order valence-corrected chi connectivity index (χ4v) is 4.60. The van der Waals surface area contributed by atoms with Crippen LogP contribution in [0, 0.1) is 6.92 Å². The summed E-state index contributed by atoms with van der Waals surface area (Å²) in [6.45, 7) is 3.21. The lowest BCUT2D eigenvalue weighted by atomic mass is 10.0. The molecule has 44 heavy (non-hydrogen) atoms. The summed E-state index contributed by atoms with van der Waals surface area (Å²) in [6, 6.07) is 27.6. The Bertz CT molecular complexity index is 1920. The first-order valence-electron chi connectivity index (χ1n) is 13.6. The van der Waals surface area contributed by atoms with Crippen molar-refractivity contribution in [2.24, 2.45) is 10.2 Å². The molecular weight excluding hydrogens is 558 g/mol. The van der Waals surface area contributed by atoms with Crippen LogP contribution in [0.3, 0.4) is 0 Å². The fraction of sp³-hybridized carbons (Fsp3) is 0.0882. The molecule has 0 spiro atoms. The van der Waals surface area contributed by atoms with Crippen molar-refractivity contribution in [1.29, 1.82) is 0 Å². The van der Waals surface area contributed by atoms with Crippen LogP contribution < -0.4 is 20.7 Å². The zero-order valence-corrected chi connectivity index (χ0v) is 24.2. The number of hydrogen-bond acceptors (Lipinski definition) is 7. The van der Waals surface area contributed by atoms with Crippen molar-refractivity contribution >= 4 is 56.9 Å². The van der Waals surface area contributed by atoms with Crippen LogP contribution in [0.25, 0.3) is 10.8 Å². The van der Waals surface area contributed by atoms with Crippen molar-refractivity contribution in [3.63, 3.8) is 0 Å². The van der Waals surface area contributed by atoms with Crippen molar-refractivity contribution in [2.45, 2.75) is 13.8 Å². The van der Waals surface area contributed by atoms with Crippen LogP contribution >= 0.6 is 0 Å². The quantitative estimate of drug-likeness (QED) is 0.137. The van der Waals surface area contributed by atoms with Gasteiger partial charge in [-0.05, 0) is 72.5 Å². The van der Waals surface area contributed by atoms with Gasteiger partial charge in [-0.15, -0.1) is 10.2 Å². The van der Waals surface area contributed by atoms with Crippen LogP contribution in [0.4, 0.5) is 28.4 Å². The Labute approximate surface area is 253 Å². The van der Waals surface area contributed by atoms with Crippen LogP contribution in [0.1, 0.15) is 33.2 Å². The Hall–Kier alpha value is -6.03. The van der Waals surface area contributed by atoms with Crippen molar-refractivity contribution in [3.8, 4) is 11.5 Å². The number of aromatic hydroxyl groups is 1. The number of carbonyl (C=O) groups excluding carboxylic acids is 3. The van der Waals surface area contributed by atoms with E-state index in [0.29, 0.717) is 44.7 Å². The largest absolute Gasteiger partial charge is 0.505 e. The standard InChI is InChI=1S/C34H29N5O5/c1-20-17-25(35-21(2)40)14-15-28(20)37-34(43)27-18-22-9-7-8-12-26(22)31(32(27)41)39-38-29-19-23(13-16-30(29)44-3)33(42)36-24-10-5-4-6-11-24/h4-19,41H,1-3H3,(H,35,40)(H,36,42)(H,37,43). The van der Waals surface area contributed by atoms with E-state index in [1.807, 2.05) is 24.3 Å². The highest BCUT2D eigenvalue weighted by atomic mass is 16.5. The molecule has 10 heteroatoms. The summed E-state index contributed by atoms with van der Waals surface area (Å²) < 4.78 is 5.44. The molecular formula is C34H29N5O5. The lowest BCUT2D eigenvalue weighted by Gasteiger charge is -2.13. The lowest BCUT2D eigenvalue weighted by molar-refractivity contribution is -0.114. The molecule has 5 aromatic carbocycles. The molecule has 0 saturated heterocycles. The zero-order chi connectivity index (χ0) is 31.2. The normalized spacial score (nSPS) is 10.9. The average Bonchev–Trinajstić information content (AvgIpc) is 3.01. The monoisotopic (exact) mass is 587 g/mol. The number of para-hydroxylation sites is 1. The van der Waals surface area contributed by atoms with E-state index in [1.165, 1.54) is 20.1 Å². The first-order valence-corrected chi connectivity index (χ1v) is 13.6. The van der Waals surface area contributed by atoms with Gasteiger partial charge in [-0.1, -0.05) is 42.5 Å². The summed E-state index contributed by atoms with van der Waals surface area (Å²) in [5.74, 6) is -1.11. The second-order valence-corrected chi connectivity index (χ2v) is 9.91. The predicted octanol–water partition coefficient (Wildman–Crippen LogP) is 7.74. The fourth-order valence-electron chi connectivity index (χ4n) is 4.60. The van der Waals surface area contributed by atoms with Crippen molar-refractivity contribution in [3.05, 3.63) is 114 Å². The van der Waals surface area contributed by atoms with E-state index in [0.717, 1.165) is 0 Å². The molecule has 0 radical (unpaired) electrons. The van der Waals surface area contributed by atoms with Crippen LogP contribution in [0.15, 0.2) is 107 Å². The maximum absolute atomic E-state index is 13.4. The molecule has 0 atom stereocenters. The molecule has 5 aromatic rings. The number of fused-ring (bicyclic) bond motifs is 1. The Kier molecular flexibility index (Phi) is 8.62. The van der Waals surface area contributed by atoms with Crippen molar-refractivity contribution < 1.29 is 24.2 Å². The Morgan fingerprint density at radius 1 is 0.750 bits per heavy atom. The van der Waals surface area contributed by atoms with Gasteiger partial charge in [-0.3, -0.25) is 14.4 Å². The summed E-state index contributed by atoms with van der Waals surface area (Å²) in [4.78, 5) is 37.7. The molecule has 0 unspecified atom stereocenters. The van der Waals surface area contributed by atoms with Crippen LogP contribution in [0.5, 0.6) is 11.5 Å². The molecule has 3 amide bonds. The zero-order valence-electron chi connectivity index (χ0n) is 24.2. The molecule has 5 rings (SSSR count). The highest BCUT2D eigenvalue weighted by Gasteiger charge is 2.20. The summed E-state index contributed by atoms with van der Waals surface area (Å²) in [5.41, 5.74) is 3.11. The van der Waals surface area contributed by atoms with E-state index in [4.69, 9.17) is 4.74 Å². The van der Waals surface area contributed by atoms with Gasteiger partial charge in [0.2, 0.25) is 5.91 Å². The SMILES string of the molecule is COc1ccc(C(=O)Nc2ccccc2)cc1N=Nc1c(O)c(C(=O)Nc2ccc(NC(C)=O)cc2C)cc2ccccc12. The van der Waals surface area contributed by atoms with Crippen molar-refractivity contribution in [1.82, 2.24) is 0 Å². The molecule has 0 aliphatic heterocycles. The van der Waals surface area contributed by atoms with Crippen LogP contribution in [-0.2, 0) is 4.79 Å². The molecule has 0 heterocycles. The predicted molar refractivity (Wildman–Crippen MR) is 171 cm³/mol. The second-order valence-electron chi connectivity index (χ2n) is 9.91. The van der Waals surface area contributed by atoms with E-state index >= 15 is 0 Å². The number of rotatable bonds is 8. The van der Waals surface area contributed by atoms with Gasteiger partial charge in [-0.25, -0.2) is 0 Å². The smallest absolute Gasteiger partial charge is 0.259 e. The Balaban J connectivity index is 1.48. The number of aryl methyl sites for hydroxylation is 1. The van der Waals surface area contributed by atoms with Crippen LogP contribution in [-0.4, -0.2) is 29.9 Å². The topological polar surface area (TPSA) is 141 Å². The molecule has 4 N–H and O–H groups in total. The van der Waals surface area contributed by atoms with E-state index in [2.05, 4.69) is 26.2 Å². The molecule has 0 bridgehead atoms. The van der Waals surface area contributed by atoms with Gasteiger partial charge in [0.15, 0.2) is 5.75 Å².